The standard InChI is InChI=1S/C22H16F3N5O3/c1-13-18(20(29(2)28-13)33-21(32)14-6-4-3-5-7-14)19(31)16-9-8-15(30-12-26-11-27-30)10-17(16)22(23,24)25/h3-12H,1-2H3. The van der Waals surface area contributed by atoms with Crippen LogP contribution in [0.5, 0.6) is 5.88 Å². The number of rotatable bonds is 5. The Morgan fingerprint density at radius 3 is 2.42 bits per heavy atom. The number of esters is 1. The lowest BCUT2D eigenvalue weighted by molar-refractivity contribution is -0.137. The predicted molar refractivity (Wildman–Crippen MR) is 109 cm³/mol. The van der Waals surface area contributed by atoms with Crippen LogP contribution >= 0.6 is 0 Å². The number of benzene rings is 2. The Hall–Kier alpha value is -4.28. The average Bonchev–Trinajstić information content (AvgIpc) is 3.41. The average molecular weight is 455 g/mol. The smallest absolute Gasteiger partial charge is 0.403 e. The van der Waals surface area contributed by atoms with Gasteiger partial charge in [0, 0.05) is 12.6 Å². The van der Waals surface area contributed by atoms with Crippen LogP contribution in [0.3, 0.4) is 0 Å². The second kappa shape index (κ2) is 8.34. The van der Waals surface area contributed by atoms with Gasteiger partial charge in [-0.3, -0.25) is 4.79 Å². The number of hydrogen-bond acceptors (Lipinski definition) is 6. The summed E-state index contributed by atoms with van der Waals surface area (Å²) < 4.78 is 49.3. The maximum Gasteiger partial charge on any atom is 0.417 e. The summed E-state index contributed by atoms with van der Waals surface area (Å²) in [7, 11) is 1.43. The number of halogens is 3. The first-order valence-electron chi connectivity index (χ1n) is 9.58. The van der Waals surface area contributed by atoms with E-state index in [1.807, 2.05) is 0 Å². The summed E-state index contributed by atoms with van der Waals surface area (Å²) in [5.74, 6) is -2.00. The molecule has 0 unspecified atom stereocenters. The number of hydrogen-bond donors (Lipinski definition) is 0. The van der Waals surface area contributed by atoms with Gasteiger partial charge in [-0.15, -0.1) is 0 Å². The normalized spacial score (nSPS) is 11.4. The van der Waals surface area contributed by atoms with Crippen molar-refractivity contribution in [2.75, 3.05) is 0 Å². The third kappa shape index (κ3) is 4.25. The summed E-state index contributed by atoms with van der Waals surface area (Å²) in [5, 5.41) is 7.89. The maximum atomic E-state index is 13.9. The van der Waals surface area contributed by atoms with Crippen molar-refractivity contribution in [3.63, 3.8) is 0 Å². The quantitative estimate of drug-likeness (QED) is 0.336. The minimum atomic E-state index is -4.83. The molecule has 0 saturated heterocycles. The van der Waals surface area contributed by atoms with Gasteiger partial charge in [0.1, 0.15) is 18.2 Å². The molecule has 0 radical (unpaired) electrons. The summed E-state index contributed by atoms with van der Waals surface area (Å²) in [6, 6.07) is 11.2. The second-order valence-electron chi connectivity index (χ2n) is 7.04. The molecule has 0 aliphatic rings. The fourth-order valence-corrected chi connectivity index (χ4v) is 3.32. The van der Waals surface area contributed by atoms with Gasteiger partial charge in [-0.25, -0.2) is 19.1 Å². The summed E-state index contributed by atoms with van der Waals surface area (Å²) in [6.07, 6.45) is -2.42. The summed E-state index contributed by atoms with van der Waals surface area (Å²) in [6.45, 7) is 1.45. The topological polar surface area (TPSA) is 91.9 Å². The molecule has 0 aliphatic heterocycles. The highest BCUT2D eigenvalue weighted by atomic mass is 19.4. The molecule has 2 aromatic carbocycles. The molecule has 2 heterocycles. The molecule has 0 amide bonds. The van der Waals surface area contributed by atoms with Gasteiger partial charge in [-0.2, -0.15) is 23.4 Å². The molecule has 4 aromatic rings. The Balaban J connectivity index is 1.78. The lowest BCUT2D eigenvalue weighted by Gasteiger charge is -2.14. The maximum absolute atomic E-state index is 13.9. The van der Waals surface area contributed by atoms with E-state index in [-0.39, 0.29) is 28.4 Å². The van der Waals surface area contributed by atoms with Crippen molar-refractivity contribution in [3.05, 3.63) is 89.1 Å². The number of aryl methyl sites for hydroxylation is 2. The first-order chi connectivity index (χ1) is 15.7. The number of ketones is 1. The van der Waals surface area contributed by atoms with E-state index in [1.165, 1.54) is 44.8 Å². The van der Waals surface area contributed by atoms with Gasteiger partial charge >= 0.3 is 12.1 Å². The molecular weight excluding hydrogens is 439 g/mol. The number of aromatic nitrogens is 5. The summed E-state index contributed by atoms with van der Waals surface area (Å²) in [5.41, 5.74) is -1.60. The highest BCUT2D eigenvalue weighted by Crippen LogP contribution is 2.36. The van der Waals surface area contributed by atoms with E-state index in [1.54, 1.807) is 18.2 Å². The Kier molecular flexibility index (Phi) is 5.54. The van der Waals surface area contributed by atoms with Crippen LogP contribution in [-0.2, 0) is 13.2 Å². The van der Waals surface area contributed by atoms with Crippen LogP contribution in [0.15, 0.2) is 61.2 Å². The van der Waals surface area contributed by atoms with Gasteiger partial charge in [0.05, 0.1) is 22.5 Å². The molecule has 8 nitrogen and oxygen atoms in total. The van der Waals surface area contributed by atoms with Crippen molar-refractivity contribution in [3.8, 4) is 11.6 Å². The van der Waals surface area contributed by atoms with Crippen LogP contribution < -0.4 is 4.74 Å². The molecule has 0 N–H and O–H groups in total. The number of alkyl halides is 3. The molecule has 168 valence electrons. The third-order valence-electron chi connectivity index (χ3n) is 4.83. The van der Waals surface area contributed by atoms with Crippen LogP contribution in [-0.4, -0.2) is 36.3 Å². The van der Waals surface area contributed by atoms with E-state index in [2.05, 4.69) is 15.2 Å². The van der Waals surface area contributed by atoms with E-state index >= 15 is 0 Å². The van der Waals surface area contributed by atoms with E-state index in [0.717, 1.165) is 21.5 Å². The minimum absolute atomic E-state index is 0.0787. The number of carbonyl (C=O) groups is 2. The first kappa shape index (κ1) is 21.9. The highest BCUT2D eigenvalue weighted by Gasteiger charge is 2.37. The molecule has 11 heteroatoms. The first-order valence-corrected chi connectivity index (χ1v) is 9.58. The number of nitrogens with zero attached hydrogens (tertiary/aromatic N) is 5. The van der Waals surface area contributed by atoms with Crippen molar-refractivity contribution in [1.82, 2.24) is 24.5 Å². The van der Waals surface area contributed by atoms with Gasteiger partial charge in [0.2, 0.25) is 11.7 Å². The van der Waals surface area contributed by atoms with Gasteiger partial charge < -0.3 is 4.74 Å². The van der Waals surface area contributed by atoms with Gasteiger partial charge in [-0.05, 0) is 37.3 Å². The van der Waals surface area contributed by atoms with E-state index in [0.29, 0.717) is 0 Å². The predicted octanol–water partition coefficient (Wildman–Crippen LogP) is 3.78. The Morgan fingerprint density at radius 2 is 1.79 bits per heavy atom. The fourth-order valence-electron chi connectivity index (χ4n) is 3.32. The van der Waals surface area contributed by atoms with Crippen molar-refractivity contribution in [2.24, 2.45) is 7.05 Å². The molecule has 0 saturated carbocycles. The molecule has 0 atom stereocenters. The minimum Gasteiger partial charge on any atom is -0.403 e. The lowest BCUT2D eigenvalue weighted by Crippen LogP contribution is -2.17. The van der Waals surface area contributed by atoms with Crippen molar-refractivity contribution in [1.29, 1.82) is 0 Å². The molecule has 0 bridgehead atoms. The highest BCUT2D eigenvalue weighted by molar-refractivity contribution is 6.12. The summed E-state index contributed by atoms with van der Waals surface area (Å²) in [4.78, 5) is 29.5. The zero-order chi connectivity index (χ0) is 23.8. The van der Waals surface area contributed by atoms with E-state index in [9.17, 15) is 22.8 Å². The van der Waals surface area contributed by atoms with Crippen LogP contribution in [0, 0.1) is 6.92 Å². The zero-order valence-electron chi connectivity index (χ0n) is 17.4. The molecule has 33 heavy (non-hydrogen) atoms. The molecule has 4 rings (SSSR count). The third-order valence-corrected chi connectivity index (χ3v) is 4.83. The summed E-state index contributed by atoms with van der Waals surface area (Å²) >= 11 is 0. The second-order valence-corrected chi connectivity index (χ2v) is 7.04. The van der Waals surface area contributed by atoms with Crippen molar-refractivity contribution >= 4 is 11.8 Å². The van der Waals surface area contributed by atoms with Crippen molar-refractivity contribution in [2.45, 2.75) is 13.1 Å². The Bertz CT molecular complexity index is 1330. The molecule has 0 spiro atoms. The number of ether oxygens (including phenoxy) is 1. The molecule has 0 fully saturated rings. The molecular formula is C22H16F3N5O3. The van der Waals surface area contributed by atoms with Gasteiger partial charge in [0.15, 0.2) is 0 Å². The van der Waals surface area contributed by atoms with Crippen LogP contribution in [0.1, 0.15) is 37.5 Å². The fraction of sp³-hybridized carbons (Fsp3) is 0.136. The van der Waals surface area contributed by atoms with Crippen LogP contribution in [0.2, 0.25) is 0 Å². The molecule has 2 aromatic heterocycles. The Morgan fingerprint density at radius 1 is 1.06 bits per heavy atom. The largest absolute Gasteiger partial charge is 0.417 e. The van der Waals surface area contributed by atoms with E-state index in [4.69, 9.17) is 4.74 Å². The lowest BCUT2D eigenvalue weighted by atomic mass is 9.97. The van der Waals surface area contributed by atoms with Gasteiger partial charge in [-0.1, -0.05) is 18.2 Å². The van der Waals surface area contributed by atoms with Gasteiger partial charge in [0.25, 0.3) is 0 Å². The molecule has 0 aliphatic carbocycles. The van der Waals surface area contributed by atoms with Crippen LogP contribution in [0.25, 0.3) is 5.69 Å². The zero-order valence-corrected chi connectivity index (χ0v) is 17.4. The Labute approximate surface area is 185 Å². The van der Waals surface area contributed by atoms with Crippen LogP contribution in [0.4, 0.5) is 13.2 Å². The van der Waals surface area contributed by atoms with E-state index < -0.39 is 29.1 Å². The van der Waals surface area contributed by atoms with Crippen molar-refractivity contribution < 1.29 is 27.5 Å². The monoisotopic (exact) mass is 455 g/mol. The SMILES string of the molecule is Cc1nn(C)c(OC(=O)c2ccccc2)c1C(=O)c1ccc(-n2cncn2)cc1C(F)(F)F. The number of carbonyl (C=O) groups excluding carboxylic acids is 2.